The second kappa shape index (κ2) is 8.78. The first-order valence-electron chi connectivity index (χ1n) is 6.39. The van der Waals surface area contributed by atoms with Gasteiger partial charge in [-0.25, -0.2) is 0 Å². The molecule has 0 saturated carbocycles. The highest BCUT2D eigenvalue weighted by Gasteiger charge is 2.04. The maximum Gasteiger partial charge on any atom is 0.127 e. The summed E-state index contributed by atoms with van der Waals surface area (Å²) < 4.78 is 16.3. The van der Waals surface area contributed by atoms with Gasteiger partial charge in [-0.1, -0.05) is 19.4 Å². The molecule has 0 aliphatic carbocycles. The van der Waals surface area contributed by atoms with E-state index in [0.29, 0.717) is 19.8 Å². The fraction of sp³-hybridized carbons (Fsp3) is 0.571. The predicted octanol–water partition coefficient (Wildman–Crippen LogP) is 2.35. The second-order valence-electron chi connectivity index (χ2n) is 3.99. The summed E-state index contributed by atoms with van der Waals surface area (Å²) in [6.07, 6.45) is 2.24. The molecule has 0 heterocycles. The van der Waals surface area contributed by atoms with Gasteiger partial charge in [0, 0.05) is 24.8 Å². The Balaban J connectivity index is 2.39. The summed E-state index contributed by atoms with van der Waals surface area (Å²) in [6.45, 7) is 4.52. The zero-order chi connectivity index (χ0) is 13.2. The van der Waals surface area contributed by atoms with E-state index in [1.807, 2.05) is 18.2 Å². The Hall–Kier alpha value is -1.26. The lowest BCUT2D eigenvalue weighted by Gasteiger charge is -2.12. The van der Waals surface area contributed by atoms with Crippen LogP contribution in [0.5, 0.6) is 11.5 Å². The average molecular weight is 253 g/mol. The number of methoxy groups -OCH3 is 1. The summed E-state index contributed by atoms with van der Waals surface area (Å²) >= 11 is 0. The van der Waals surface area contributed by atoms with E-state index in [4.69, 9.17) is 19.9 Å². The van der Waals surface area contributed by atoms with Crippen LogP contribution < -0.4 is 15.2 Å². The first-order valence-corrected chi connectivity index (χ1v) is 6.39. The van der Waals surface area contributed by atoms with Crippen LogP contribution in [0.1, 0.15) is 25.3 Å². The lowest BCUT2D eigenvalue weighted by molar-refractivity contribution is 0.0976. The van der Waals surface area contributed by atoms with E-state index in [1.165, 1.54) is 0 Å². The molecule has 0 spiro atoms. The maximum absolute atomic E-state index is 5.67. The van der Waals surface area contributed by atoms with Gasteiger partial charge in [-0.3, -0.25) is 0 Å². The van der Waals surface area contributed by atoms with Crippen molar-refractivity contribution in [3.8, 4) is 11.5 Å². The molecule has 0 unspecified atom stereocenters. The van der Waals surface area contributed by atoms with Gasteiger partial charge in [0.2, 0.25) is 0 Å². The molecule has 2 N–H and O–H groups in total. The van der Waals surface area contributed by atoms with Gasteiger partial charge < -0.3 is 19.9 Å². The van der Waals surface area contributed by atoms with Crippen molar-refractivity contribution in [1.29, 1.82) is 0 Å². The molecule has 0 aliphatic rings. The van der Waals surface area contributed by atoms with E-state index in [-0.39, 0.29) is 0 Å². The fourth-order valence-corrected chi connectivity index (χ4v) is 1.52. The molecule has 0 fully saturated rings. The zero-order valence-corrected chi connectivity index (χ0v) is 11.3. The van der Waals surface area contributed by atoms with Crippen molar-refractivity contribution in [1.82, 2.24) is 0 Å². The van der Waals surface area contributed by atoms with E-state index < -0.39 is 0 Å². The molecule has 0 radical (unpaired) electrons. The Kier molecular flexibility index (Phi) is 7.22. The first-order chi connectivity index (χ1) is 8.81. The molecular formula is C14H23NO3. The SMILES string of the molecule is CCCCOCCOc1cc(OC)ccc1CN. The van der Waals surface area contributed by atoms with Crippen LogP contribution in [-0.2, 0) is 11.3 Å². The largest absolute Gasteiger partial charge is 0.497 e. The Morgan fingerprint density at radius 2 is 2.00 bits per heavy atom. The quantitative estimate of drug-likeness (QED) is 0.686. The molecular weight excluding hydrogens is 230 g/mol. The van der Waals surface area contributed by atoms with Gasteiger partial charge in [-0.15, -0.1) is 0 Å². The van der Waals surface area contributed by atoms with Crippen LogP contribution in [0.3, 0.4) is 0 Å². The van der Waals surface area contributed by atoms with Crippen LogP contribution in [-0.4, -0.2) is 26.9 Å². The number of benzene rings is 1. The normalized spacial score (nSPS) is 10.4. The minimum absolute atomic E-state index is 0.454. The minimum atomic E-state index is 0.454. The molecule has 0 bridgehead atoms. The summed E-state index contributed by atoms with van der Waals surface area (Å²) in [6, 6.07) is 5.66. The van der Waals surface area contributed by atoms with E-state index in [9.17, 15) is 0 Å². The number of nitrogens with two attached hydrogens (primary N) is 1. The van der Waals surface area contributed by atoms with Gasteiger partial charge in [-0.05, 0) is 12.5 Å². The number of unbranched alkanes of at least 4 members (excludes halogenated alkanes) is 1. The Labute approximate surface area is 109 Å². The van der Waals surface area contributed by atoms with Crippen LogP contribution >= 0.6 is 0 Å². The van der Waals surface area contributed by atoms with Gasteiger partial charge in [-0.2, -0.15) is 0 Å². The van der Waals surface area contributed by atoms with Crippen molar-refractivity contribution in [3.63, 3.8) is 0 Å². The van der Waals surface area contributed by atoms with E-state index in [2.05, 4.69) is 6.92 Å². The van der Waals surface area contributed by atoms with E-state index in [1.54, 1.807) is 7.11 Å². The number of hydrogen-bond donors (Lipinski definition) is 1. The summed E-state index contributed by atoms with van der Waals surface area (Å²) in [5, 5.41) is 0. The highest BCUT2D eigenvalue weighted by Crippen LogP contribution is 2.24. The van der Waals surface area contributed by atoms with Crippen molar-refractivity contribution in [2.75, 3.05) is 26.9 Å². The summed E-state index contributed by atoms with van der Waals surface area (Å²) in [5.41, 5.74) is 6.64. The topological polar surface area (TPSA) is 53.7 Å². The Bertz CT molecular complexity index is 342. The number of hydrogen-bond acceptors (Lipinski definition) is 4. The molecule has 4 nitrogen and oxygen atoms in total. The third-order valence-corrected chi connectivity index (χ3v) is 2.62. The zero-order valence-electron chi connectivity index (χ0n) is 11.3. The molecule has 4 heteroatoms. The van der Waals surface area contributed by atoms with Crippen LogP contribution in [0.2, 0.25) is 0 Å². The minimum Gasteiger partial charge on any atom is -0.497 e. The second-order valence-corrected chi connectivity index (χ2v) is 3.99. The van der Waals surface area contributed by atoms with Crippen molar-refractivity contribution in [2.45, 2.75) is 26.3 Å². The summed E-state index contributed by atoms with van der Waals surface area (Å²) in [5.74, 6) is 1.55. The maximum atomic E-state index is 5.67. The molecule has 0 atom stereocenters. The fourth-order valence-electron chi connectivity index (χ4n) is 1.52. The van der Waals surface area contributed by atoms with Crippen LogP contribution in [0.15, 0.2) is 18.2 Å². The Morgan fingerprint density at radius 1 is 1.17 bits per heavy atom. The van der Waals surface area contributed by atoms with Gasteiger partial charge in [0.25, 0.3) is 0 Å². The molecule has 18 heavy (non-hydrogen) atoms. The lowest BCUT2D eigenvalue weighted by atomic mass is 10.2. The van der Waals surface area contributed by atoms with Crippen molar-refractivity contribution >= 4 is 0 Å². The van der Waals surface area contributed by atoms with E-state index in [0.717, 1.165) is 36.5 Å². The summed E-state index contributed by atoms with van der Waals surface area (Å²) in [4.78, 5) is 0. The predicted molar refractivity (Wildman–Crippen MR) is 72.1 cm³/mol. The molecule has 1 aromatic rings. The van der Waals surface area contributed by atoms with Crippen LogP contribution in [0.4, 0.5) is 0 Å². The number of ether oxygens (including phenoxy) is 3. The highest BCUT2D eigenvalue weighted by molar-refractivity contribution is 5.40. The Morgan fingerprint density at radius 3 is 2.67 bits per heavy atom. The van der Waals surface area contributed by atoms with Gasteiger partial charge in [0.1, 0.15) is 18.1 Å². The first kappa shape index (κ1) is 14.8. The lowest BCUT2D eigenvalue weighted by Crippen LogP contribution is -2.09. The molecule has 1 rings (SSSR count). The highest BCUT2D eigenvalue weighted by atomic mass is 16.5. The van der Waals surface area contributed by atoms with Gasteiger partial charge in [0.05, 0.1) is 13.7 Å². The molecule has 1 aromatic carbocycles. The molecule has 0 aliphatic heterocycles. The molecule has 0 amide bonds. The van der Waals surface area contributed by atoms with Crippen LogP contribution in [0.25, 0.3) is 0 Å². The van der Waals surface area contributed by atoms with Crippen molar-refractivity contribution in [3.05, 3.63) is 23.8 Å². The monoisotopic (exact) mass is 253 g/mol. The molecule has 0 aromatic heterocycles. The third kappa shape index (κ3) is 4.94. The molecule has 102 valence electrons. The standard InChI is InChI=1S/C14H23NO3/c1-3-4-7-17-8-9-18-14-10-13(16-2)6-5-12(14)11-15/h5-6,10H,3-4,7-9,11,15H2,1-2H3. The number of rotatable bonds is 9. The van der Waals surface area contributed by atoms with Gasteiger partial charge in [0.15, 0.2) is 0 Å². The third-order valence-electron chi connectivity index (χ3n) is 2.62. The smallest absolute Gasteiger partial charge is 0.127 e. The average Bonchev–Trinajstić information content (AvgIpc) is 2.42. The summed E-state index contributed by atoms with van der Waals surface area (Å²) in [7, 11) is 1.63. The van der Waals surface area contributed by atoms with E-state index >= 15 is 0 Å². The van der Waals surface area contributed by atoms with Crippen molar-refractivity contribution in [2.24, 2.45) is 5.73 Å². The van der Waals surface area contributed by atoms with Crippen molar-refractivity contribution < 1.29 is 14.2 Å². The van der Waals surface area contributed by atoms with Gasteiger partial charge >= 0.3 is 0 Å². The molecule has 0 saturated heterocycles. The van der Waals surface area contributed by atoms with Crippen LogP contribution in [0, 0.1) is 0 Å².